The number of halogens is 9. The normalized spacial score (nSPS) is 16.1. The quantitative estimate of drug-likeness (QED) is 0.139. The molecule has 0 amide bonds. The SMILES string of the molecule is CCC(C)(CC(C)(C)C(=O)OCC(=O)OC(C(F)(F)F)C(F)(F)F)C(=O)OC(CC(C)(C)C(F)(F)F)C(C)C. The van der Waals surface area contributed by atoms with E-state index in [2.05, 4.69) is 9.47 Å². The first-order valence-corrected chi connectivity index (χ1v) is 11.9. The number of carbonyl (C=O) groups is 3. The van der Waals surface area contributed by atoms with Crippen molar-refractivity contribution in [3.05, 3.63) is 0 Å². The third-order valence-electron chi connectivity index (χ3n) is 6.30. The van der Waals surface area contributed by atoms with Crippen LogP contribution >= 0.6 is 0 Å². The Bertz CT molecular complexity index is 846. The smallest absolute Gasteiger partial charge is 0.434 e. The van der Waals surface area contributed by atoms with Gasteiger partial charge in [0.1, 0.15) is 6.10 Å². The van der Waals surface area contributed by atoms with Gasteiger partial charge in [0.25, 0.3) is 6.10 Å². The van der Waals surface area contributed by atoms with Crippen molar-refractivity contribution < 1.29 is 68.1 Å². The van der Waals surface area contributed by atoms with Gasteiger partial charge < -0.3 is 14.2 Å². The molecule has 0 rings (SSSR count). The summed E-state index contributed by atoms with van der Waals surface area (Å²) >= 11 is 0. The van der Waals surface area contributed by atoms with Crippen molar-refractivity contribution in [2.24, 2.45) is 22.2 Å². The van der Waals surface area contributed by atoms with Gasteiger partial charge in [-0.3, -0.25) is 9.59 Å². The van der Waals surface area contributed by atoms with E-state index in [0.717, 1.165) is 13.8 Å². The second kappa shape index (κ2) is 12.5. The van der Waals surface area contributed by atoms with Crippen LogP contribution in [-0.2, 0) is 28.6 Å². The van der Waals surface area contributed by atoms with E-state index in [1.54, 1.807) is 20.8 Å². The summed E-state index contributed by atoms with van der Waals surface area (Å²) in [4.78, 5) is 37.2. The molecule has 0 bridgehead atoms. The lowest BCUT2D eigenvalue weighted by Gasteiger charge is -2.37. The van der Waals surface area contributed by atoms with Crippen LogP contribution in [0.15, 0.2) is 0 Å². The molecule has 6 nitrogen and oxygen atoms in total. The highest BCUT2D eigenvalue weighted by atomic mass is 19.4. The molecule has 0 aromatic heterocycles. The molecule has 0 aromatic rings. The molecule has 0 aliphatic rings. The van der Waals surface area contributed by atoms with Crippen LogP contribution in [0.4, 0.5) is 39.5 Å². The number of hydrogen-bond donors (Lipinski definition) is 0. The van der Waals surface area contributed by atoms with Crippen LogP contribution in [0.25, 0.3) is 0 Å². The highest BCUT2D eigenvalue weighted by Crippen LogP contribution is 2.44. The standard InChI is InChI=1S/C24H35F9O6/c1-9-21(8,18(36)38-14(13(2)3)10-20(6,7)24(31,32)33)12-19(4,5)17(35)37-11-15(34)39-16(22(25,26)27)23(28,29)30/h13-14,16H,9-12H2,1-8H3. The predicted molar refractivity (Wildman–Crippen MR) is 119 cm³/mol. The zero-order valence-electron chi connectivity index (χ0n) is 22.9. The number of esters is 3. The summed E-state index contributed by atoms with van der Waals surface area (Å²) in [7, 11) is 0. The highest BCUT2D eigenvalue weighted by molar-refractivity contribution is 5.82. The van der Waals surface area contributed by atoms with Crippen molar-refractivity contribution in [2.75, 3.05) is 6.61 Å². The van der Waals surface area contributed by atoms with Crippen LogP contribution in [0, 0.1) is 22.2 Å². The van der Waals surface area contributed by atoms with Crippen LogP contribution in [0.2, 0.25) is 0 Å². The fourth-order valence-corrected chi connectivity index (χ4v) is 3.51. The van der Waals surface area contributed by atoms with E-state index in [0.29, 0.717) is 0 Å². The lowest BCUT2D eigenvalue weighted by atomic mass is 9.72. The van der Waals surface area contributed by atoms with Gasteiger partial charge in [0.15, 0.2) is 6.61 Å². The summed E-state index contributed by atoms with van der Waals surface area (Å²) in [5.74, 6) is -4.78. The fourth-order valence-electron chi connectivity index (χ4n) is 3.51. The van der Waals surface area contributed by atoms with Crippen molar-refractivity contribution in [3.8, 4) is 0 Å². The Morgan fingerprint density at radius 1 is 0.744 bits per heavy atom. The maximum absolute atomic E-state index is 13.4. The van der Waals surface area contributed by atoms with Crippen LogP contribution in [0.5, 0.6) is 0 Å². The summed E-state index contributed by atoms with van der Waals surface area (Å²) in [5.41, 5.74) is -5.27. The Kier molecular flexibility index (Phi) is 11.8. The summed E-state index contributed by atoms with van der Waals surface area (Å²) in [6.45, 7) is 8.88. The largest absolute Gasteiger partial charge is 0.462 e. The van der Waals surface area contributed by atoms with Gasteiger partial charge in [0, 0.05) is 0 Å². The van der Waals surface area contributed by atoms with Gasteiger partial charge in [-0.1, -0.05) is 34.6 Å². The van der Waals surface area contributed by atoms with Crippen molar-refractivity contribution in [1.82, 2.24) is 0 Å². The van der Waals surface area contributed by atoms with E-state index >= 15 is 0 Å². The lowest BCUT2D eigenvalue weighted by molar-refractivity contribution is -0.313. The number of carbonyl (C=O) groups excluding carboxylic acids is 3. The Labute approximate surface area is 220 Å². The summed E-state index contributed by atoms with van der Waals surface area (Å²) in [6, 6.07) is 0. The first kappa shape index (κ1) is 36.8. The average molecular weight is 591 g/mol. The summed E-state index contributed by atoms with van der Waals surface area (Å²) < 4.78 is 129. The van der Waals surface area contributed by atoms with Gasteiger partial charge in [-0.15, -0.1) is 0 Å². The van der Waals surface area contributed by atoms with E-state index in [-0.39, 0.29) is 12.8 Å². The molecule has 0 fully saturated rings. The van der Waals surface area contributed by atoms with Crippen molar-refractivity contribution in [1.29, 1.82) is 0 Å². The number of alkyl halides is 9. The molecule has 0 heterocycles. The Morgan fingerprint density at radius 3 is 1.56 bits per heavy atom. The Morgan fingerprint density at radius 2 is 1.21 bits per heavy atom. The molecule has 15 heteroatoms. The highest BCUT2D eigenvalue weighted by Gasteiger charge is 2.60. The minimum Gasteiger partial charge on any atom is -0.462 e. The van der Waals surface area contributed by atoms with Crippen molar-refractivity contribution >= 4 is 17.9 Å². The molecule has 39 heavy (non-hydrogen) atoms. The average Bonchev–Trinajstić information content (AvgIpc) is 2.71. The molecule has 230 valence electrons. The first-order chi connectivity index (χ1) is 17.1. The zero-order chi connectivity index (χ0) is 31.4. The molecule has 2 atom stereocenters. The maximum Gasteiger partial charge on any atom is 0.434 e. The fraction of sp³-hybridized carbons (Fsp3) is 0.875. The molecule has 0 N–H and O–H groups in total. The molecule has 0 aliphatic carbocycles. The van der Waals surface area contributed by atoms with Gasteiger partial charge in [-0.05, 0) is 46.0 Å². The zero-order valence-corrected chi connectivity index (χ0v) is 22.9. The molecule has 2 unspecified atom stereocenters. The third-order valence-corrected chi connectivity index (χ3v) is 6.30. The van der Waals surface area contributed by atoms with Gasteiger partial charge in [0.05, 0.1) is 16.2 Å². The molecule has 0 spiro atoms. The minimum atomic E-state index is -5.95. The van der Waals surface area contributed by atoms with E-state index in [4.69, 9.17) is 4.74 Å². The molecule has 0 radical (unpaired) electrons. The molecule has 0 saturated carbocycles. The molecule has 0 aromatic carbocycles. The molecular formula is C24H35F9O6. The second-order valence-corrected chi connectivity index (χ2v) is 11.3. The molecule has 0 saturated heterocycles. The Hall–Kier alpha value is -2.22. The summed E-state index contributed by atoms with van der Waals surface area (Å²) in [6.07, 6.45) is -22.9. The summed E-state index contributed by atoms with van der Waals surface area (Å²) in [5, 5.41) is 0. The van der Waals surface area contributed by atoms with Crippen LogP contribution < -0.4 is 0 Å². The van der Waals surface area contributed by atoms with Gasteiger partial charge in [0.2, 0.25) is 0 Å². The topological polar surface area (TPSA) is 78.9 Å². The van der Waals surface area contributed by atoms with Crippen molar-refractivity contribution in [3.63, 3.8) is 0 Å². The van der Waals surface area contributed by atoms with Crippen molar-refractivity contribution in [2.45, 2.75) is 105 Å². The van der Waals surface area contributed by atoms with Crippen LogP contribution in [0.3, 0.4) is 0 Å². The molecule has 0 aliphatic heterocycles. The monoisotopic (exact) mass is 590 g/mol. The maximum atomic E-state index is 13.4. The first-order valence-electron chi connectivity index (χ1n) is 11.9. The second-order valence-electron chi connectivity index (χ2n) is 11.3. The van der Waals surface area contributed by atoms with E-state index < -0.39 is 83.8 Å². The number of rotatable bonds is 12. The van der Waals surface area contributed by atoms with E-state index in [9.17, 15) is 53.9 Å². The van der Waals surface area contributed by atoms with Gasteiger partial charge in [-0.2, -0.15) is 39.5 Å². The van der Waals surface area contributed by atoms with Gasteiger partial charge in [-0.25, -0.2) is 4.79 Å². The molecular weight excluding hydrogens is 555 g/mol. The number of hydrogen-bond acceptors (Lipinski definition) is 6. The lowest BCUT2D eigenvalue weighted by Crippen LogP contribution is -2.46. The minimum absolute atomic E-state index is 0.0386. The van der Waals surface area contributed by atoms with E-state index in [1.165, 1.54) is 20.8 Å². The van der Waals surface area contributed by atoms with Crippen LogP contribution in [-0.4, -0.2) is 55.3 Å². The predicted octanol–water partition coefficient (Wildman–Crippen LogP) is 6.95. The van der Waals surface area contributed by atoms with Crippen LogP contribution in [0.1, 0.15) is 74.7 Å². The van der Waals surface area contributed by atoms with E-state index in [1.807, 2.05) is 0 Å². The van der Waals surface area contributed by atoms with Gasteiger partial charge >= 0.3 is 36.4 Å². The number of ether oxygens (including phenoxy) is 3. The third kappa shape index (κ3) is 10.7. The Balaban J connectivity index is 5.52.